The van der Waals surface area contributed by atoms with E-state index in [-0.39, 0.29) is 23.0 Å². The molecule has 150 valence electrons. The van der Waals surface area contributed by atoms with Crippen molar-refractivity contribution in [1.82, 2.24) is 15.3 Å². The molecule has 1 heterocycles. The summed E-state index contributed by atoms with van der Waals surface area (Å²) in [4.78, 5) is 31.0. The summed E-state index contributed by atoms with van der Waals surface area (Å²) in [5.41, 5.74) is 1.41. The van der Waals surface area contributed by atoms with Crippen molar-refractivity contribution in [1.29, 1.82) is 0 Å². The topological polar surface area (TPSA) is 81.2 Å². The van der Waals surface area contributed by atoms with Crippen LogP contribution in [0.25, 0.3) is 0 Å². The Labute approximate surface area is 162 Å². The van der Waals surface area contributed by atoms with Crippen LogP contribution >= 0.6 is 0 Å². The van der Waals surface area contributed by atoms with Crippen molar-refractivity contribution in [3.05, 3.63) is 17.6 Å². The molecule has 2 saturated carbocycles. The summed E-state index contributed by atoms with van der Waals surface area (Å²) in [5, 5.41) is 2.63. The van der Waals surface area contributed by atoms with Crippen molar-refractivity contribution in [3.8, 4) is 5.88 Å². The molecule has 6 nitrogen and oxygen atoms in total. The van der Waals surface area contributed by atoms with Crippen LogP contribution in [0.5, 0.6) is 5.88 Å². The van der Waals surface area contributed by atoms with Gasteiger partial charge in [-0.3, -0.25) is 14.6 Å². The van der Waals surface area contributed by atoms with Gasteiger partial charge >= 0.3 is 0 Å². The van der Waals surface area contributed by atoms with Gasteiger partial charge in [-0.25, -0.2) is 4.98 Å². The van der Waals surface area contributed by atoms with Crippen molar-refractivity contribution in [2.24, 2.45) is 17.3 Å². The minimum Gasteiger partial charge on any atom is -0.476 e. The normalized spacial score (nSPS) is 17.4. The van der Waals surface area contributed by atoms with Crippen LogP contribution in [0, 0.1) is 17.3 Å². The molecule has 0 aromatic carbocycles. The Morgan fingerprint density at radius 1 is 1.26 bits per heavy atom. The number of hydrogen-bond donors (Lipinski definition) is 1. The van der Waals surface area contributed by atoms with E-state index in [1.165, 1.54) is 19.8 Å². The first kappa shape index (κ1) is 21.3. The van der Waals surface area contributed by atoms with E-state index in [0.717, 1.165) is 25.1 Å². The zero-order valence-corrected chi connectivity index (χ0v) is 17.5. The van der Waals surface area contributed by atoms with Crippen LogP contribution in [0.15, 0.2) is 6.20 Å². The fourth-order valence-electron chi connectivity index (χ4n) is 2.39. The molecule has 2 fully saturated rings. The molecule has 0 unspecified atom stereocenters. The zero-order valence-electron chi connectivity index (χ0n) is 17.5. The van der Waals surface area contributed by atoms with Crippen molar-refractivity contribution < 1.29 is 14.3 Å². The molecule has 0 aliphatic heterocycles. The first-order valence-corrected chi connectivity index (χ1v) is 9.85. The molecule has 0 saturated heterocycles. The van der Waals surface area contributed by atoms with Crippen LogP contribution in [0.1, 0.15) is 82.4 Å². The highest BCUT2D eigenvalue weighted by Crippen LogP contribution is 2.42. The number of rotatable bonds is 6. The van der Waals surface area contributed by atoms with Gasteiger partial charge in [-0.05, 0) is 37.0 Å². The largest absolute Gasteiger partial charge is 0.476 e. The molecule has 0 radical (unpaired) electrons. The van der Waals surface area contributed by atoms with E-state index in [1.807, 2.05) is 6.92 Å². The molecule has 1 amide bonds. The number of carbonyl (C=O) groups excluding carboxylic acids is 2. The number of Topliss-reactive ketones (excluding diaryl/α,β-unsaturated/α-hetero) is 1. The monoisotopic (exact) mass is 375 g/mol. The number of ketones is 1. The van der Waals surface area contributed by atoms with Crippen LogP contribution in [0.3, 0.4) is 0 Å². The lowest BCUT2D eigenvalue weighted by Gasteiger charge is -2.25. The number of nitrogens with one attached hydrogen (secondary N) is 1. The highest BCUT2D eigenvalue weighted by Gasteiger charge is 2.31. The van der Waals surface area contributed by atoms with Crippen LogP contribution in [-0.2, 0) is 4.79 Å². The first-order chi connectivity index (χ1) is 12.6. The van der Waals surface area contributed by atoms with Crippen LogP contribution in [0.2, 0.25) is 0 Å². The molecule has 1 N–H and O–H groups in total. The van der Waals surface area contributed by atoms with E-state index in [0.29, 0.717) is 23.4 Å². The Kier molecular flexibility index (Phi) is 6.95. The van der Waals surface area contributed by atoms with E-state index in [2.05, 4.69) is 36.1 Å². The molecule has 2 aliphatic carbocycles. The van der Waals surface area contributed by atoms with Gasteiger partial charge in [-0.2, -0.15) is 0 Å². The number of amides is 1. The molecule has 27 heavy (non-hydrogen) atoms. The number of aromatic nitrogens is 2. The van der Waals surface area contributed by atoms with Gasteiger partial charge in [-0.15, -0.1) is 0 Å². The summed E-state index contributed by atoms with van der Waals surface area (Å²) in [6.07, 6.45) is 6.39. The molecule has 6 heteroatoms. The zero-order chi connectivity index (χ0) is 20.2. The number of nitrogens with zero attached hydrogens (tertiary/aromatic N) is 2. The smallest absolute Gasteiger partial charge is 0.236 e. The average Bonchev–Trinajstić information content (AvgIpc) is 3.51. The standard InChI is InChI=1S/C13H16N2O2.C8H17NO/c1-8(16)11-6-14-12(10-4-5-10)13(15-11)17-7-9-2-3-9;1-6(7(10)9-5)8(2,3)4/h6,9-10H,2-5,7H2,1H3;6H,1-5H3,(H,9,10)/t;6-/m.1/s1. The van der Waals surface area contributed by atoms with Crippen molar-refractivity contribution in [2.45, 2.75) is 66.2 Å². The molecule has 2 aliphatic rings. The molecule has 1 atom stereocenters. The molecule has 1 aromatic heterocycles. The Hall–Kier alpha value is -1.98. The highest BCUT2D eigenvalue weighted by molar-refractivity contribution is 5.91. The number of carbonyl (C=O) groups is 2. The van der Waals surface area contributed by atoms with E-state index >= 15 is 0 Å². The molecule has 3 rings (SSSR count). The summed E-state index contributed by atoms with van der Waals surface area (Å²) in [5.74, 6) is 1.91. The quantitative estimate of drug-likeness (QED) is 0.766. The fourth-order valence-corrected chi connectivity index (χ4v) is 2.39. The highest BCUT2D eigenvalue weighted by atomic mass is 16.5. The van der Waals surface area contributed by atoms with E-state index in [9.17, 15) is 9.59 Å². The maximum atomic E-state index is 11.3. The van der Waals surface area contributed by atoms with Gasteiger partial charge in [0.1, 0.15) is 11.4 Å². The van der Waals surface area contributed by atoms with Crippen LogP contribution in [-0.4, -0.2) is 35.3 Å². The Morgan fingerprint density at radius 3 is 2.30 bits per heavy atom. The van der Waals surface area contributed by atoms with Crippen molar-refractivity contribution >= 4 is 11.7 Å². The van der Waals surface area contributed by atoms with E-state index in [1.54, 1.807) is 13.2 Å². The van der Waals surface area contributed by atoms with Gasteiger partial charge in [0.15, 0.2) is 5.78 Å². The van der Waals surface area contributed by atoms with Crippen LogP contribution in [0.4, 0.5) is 0 Å². The van der Waals surface area contributed by atoms with E-state index in [4.69, 9.17) is 4.74 Å². The lowest BCUT2D eigenvalue weighted by atomic mass is 9.81. The maximum absolute atomic E-state index is 11.3. The predicted molar refractivity (Wildman–Crippen MR) is 105 cm³/mol. The summed E-state index contributed by atoms with van der Waals surface area (Å²) < 4.78 is 5.73. The van der Waals surface area contributed by atoms with Crippen molar-refractivity contribution in [3.63, 3.8) is 0 Å². The number of ether oxygens (including phenoxy) is 1. The van der Waals surface area contributed by atoms with Gasteiger partial charge in [-0.1, -0.05) is 27.7 Å². The van der Waals surface area contributed by atoms with Crippen molar-refractivity contribution in [2.75, 3.05) is 13.7 Å². The van der Waals surface area contributed by atoms with Gasteiger partial charge < -0.3 is 10.1 Å². The number of hydrogen-bond acceptors (Lipinski definition) is 5. The molecule has 0 bridgehead atoms. The Bertz CT molecular complexity index is 674. The minimum absolute atomic E-state index is 0.0591. The van der Waals surface area contributed by atoms with Gasteiger partial charge in [0, 0.05) is 25.8 Å². The Morgan fingerprint density at radius 2 is 1.89 bits per heavy atom. The lowest BCUT2D eigenvalue weighted by Crippen LogP contribution is -2.33. The van der Waals surface area contributed by atoms with Crippen LogP contribution < -0.4 is 10.1 Å². The molecular formula is C21H33N3O3. The summed E-state index contributed by atoms with van der Waals surface area (Å²) in [6, 6.07) is 0. The maximum Gasteiger partial charge on any atom is 0.236 e. The second-order valence-corrected chi connectivity index (χ2v) is 8.73. The molecular weight excluding hydrogens is 342 g/mol. The van der Waals surface area contributed by atoms with Gasteiger partial charge in [0.05, 0.1) is 12.8 Å². The second-order valence-electron chi connectivity index (χ2n) is 8.73. The third-order valence-corrected chi connectivity index (χ3v) is 5.18. The molecule has 1 aromatic rings. The predicted octanol–water partition coefficient (Wildman–Crippen LogP) is 3.76. The molecule has 0 spiro atoms. The fraction of sp³-hybridized carbons (Fsp3) is 0.714. The third-order valence-electron chi connectivity index (χ3n) is 5.18. The van der Waals surface area contributed by atoms with Gasteiger partial charge in [0.2, 0.25) is 11.8 Å². The summed E-state index contributed by atoms with van der Waals surface area (Å²) >= 11 is 0. The summed E-state index contributed by atoms with van der Waals surface area (Å²) in [6.45, 7) is 10.4. The van der Waals surface area contributed by atoms with Gasteiger partial charge in [0.25, 0.3) is 0 Å². The average molecular weight is 376 g/mol. The lowest BCUT2D eigenvalue weighted by molar-refractivity contribution is -0.126. The Balaban J connectivity index is 0.000000227. The third kappa shape index (κ3) is 6.60. The first-order valence-electron chi connectivity index (χ1n) is 9.85. The minimum atomic E-state index is -0.0591. The second kappa shape index (κ2) is 8.81. The SMILES string of the molecule is CC(=O)c1cnc(C2CC2)c(OCC2CC2)n1.CNC(=O)[C@@H](C)C(C)(C)C. The van der Waals surface area contributed by atoms with E-state index < -0.39 is 0 Å². The summed E-state index contributed by atoms with van der Waals surface area (Å²) in [7, 11) is 1.67.